The first-order valence-corrected chi connectivity index (χ1v) is 5.52. The molecule has 0 radical (unpaired) electrons. The van der Waals surface area contributed by atoms with E-state index in [0.717, 1.165) is 12.3 Å². The molecule has 1 rings (SSSR count). The fraction of sp³-hybridized carbons (Fsp3) is 1.00. The Morgan fingerprint density at radius 3 is 2.38 bits per heavy atom. The maximum atomic E-state index is 9.02. The van der Waals surface area contributed by atoms with Gasteiger partial charge in [-0.2, -0.15) is 0 Å². The second-order valence-corrected chi connectivity index (χ2v) is 4.48. The smallest absolute Gasteiger partial charge is 0.0448 e. The molecule has 2 nitrogen and oxygen atoms in total. The van der Waals surface area contributed by atoms with Crippen molar-refractivity contribution in [1.82, 2.24) is 5.32 Å². The summed E-state index contributed by atoms with van der Waals surface area (Å²) in [6.07, 6.45) is 7.68. The van der Waals surface area contributed by atoms with Crippen LogP contribution in [-0.2, 0) is 0 Å². The van der Waals surface area contributed by atoms with E-state index in [2.05, 4.69) is 12.2 Å². The molecule has 1 atom stereocenters. The number of aliphatic hydroxyl groups excluding tert-OH is 1. The van der Waals surface area contributed by atoms with Gasteiger partial charge in [-0.15, -0.1) is 0 Å². The maximum absolute atomic E-state index is 9.02. The molecule has 0 aromatic rings. The molecule has 0 amide bonds. The molecule has 78 valence electrons. The van der Waals surface area contributed by atoms with Crippen LogP contribution in [0.2, 0.25) is 0 Å². The van der Waals surface area contributed by atoms with Crippen LogP contribution in [0.15, 0.2) is 0 Å². The highest BCUT2D eigenvalue weighted by Gasteiger charge is 2.32. The summed E-state index contributed by atoms with van der Waals surface area (Å²) >= 11 is 0. The minimum Gasteiger partial charge on any atom is -0.396 e. The van der Waals surface area contributed by atoms with E-state index in [1.807, 2.05) is 7.05 Å². The SMILES string of the molecule is CNC(C)(CCO)C1CCCCC1. The Morgan fingerprint density at radius 1 is 1.31 bits per heavy atom. The fourth-order valence-electron chi connectivity index (χ4n) is 2.51. The van der Waals surface area contributed by atoms with Crippen molar-refractivity contribution in [2.45, 2.75) is 51.0 Å². The monoisotopic (exact) mass is 185 g/mol. The number of hydrogen-bond acceptors (Lipinski definition) is 2. The summed E-state index contributed by atoms with van der Waals surface area (Å²) in [5.41, 5.74) is 0.162. The van der Waals surface area contributed by atoms with E-state index in [4.69, 9.17) is 5.11 Å². The molecule has 1 aliphatic rings. The zero-order chi connectivity index (χ0) is 9.73. The van der Waals surface area contributed by atoms with Crippen molar-refractivity contribution >= 4 is 0 Å². The predicted octanol–water partition coefficient (Wildman–Crippen LogP) is 1.93. The lowest BCUT2D eigenvalue weighted by Crippen LogP contribution is -2.48. The zero-order valence-electron chi connectivity index (χ0n) is 8.97. The van der Waals surface area contributed by atoms with E-state index in [1.165, 1.54) is 32.1 Å². The Hall–Kier alpha value is -0.0800. The largest absolute Gasteiger partial charge is 0.396 e. The van der Waals surface area contributed by atoms with Gasteiger partial charge >= 0.3 is 0 Å². The summed E-state index contributed by atoms with van der Waals surface area (Å²) in [7, 11) is 2.02. The van der Waals surface area contributed by atoms with E-state index in [9.17, 15) is 0 Å². The molecule has 0 aromatic heterocycles. The van der Waals surface area contributed by atoms with Crippen molar-refractivity contribution in [1.29, 1.82) is 0 Å². The molecule has 0 aromatic carbocycles. The van der Waals surface area contributed by atoms with Gasteiger partial charge < -0.3 is 10.4 Å². The Bertz CT molecular complexity index is 143. The molecule has 0 aliphatic heterocycles. The summed E-state index contributed by atoms with van der Waals surface area (Å²) in [6.45, 7) is 2.55. The van der Waals surface area contributed by atoms with E-state index >= 15 is 0 Å². The van der Waals surface area contributed by atoms with Crippen LogP contribution >= 0.6 is 0 Å². The van der Waals surface area contributed by atoms with Gasteiger partial charge in [0.25, 0.3) is 0 Å². The topological polar surface area (TPSA) is 32.3 Å². The number of nitrogens with one attached hydrogen (secondary N) is 1. The highest BCUT2D eigenvalue weighted by molar-refractivity contribution is 4.90. The molecule has 0 bridgehead atoms. The second-order valence-electron chi connectivity index (χ2n) is 4.48. The zero-order valence-corrected chi connectivity index (χ0v) is 8.97. The van der Waals surface area contributed by atoms with E-state index in [0.29, 0.717) is 6.61 Å². The van der Waals surface area contributed by atoms with Crippen molar-refractivity contribution in [2.75, 3.05) is 13.7 Å². The molecule has 2 heteroatoms. The van der Waals surface area contributed by atoms with Crippen LogP contribution in [-0.4, -0.2) is 24.3 Å². The molecule has 1 aliphatic carbocycles. The van der Waals surface area contributed by atoms with Gasteiger partial charge in [0.15, 0.2) is 0 Å². The van der Waals surface area contributed by atoms with Crippen molar-refractivity contribution in [3.8, 4) is 0 Å². The summed E-state index contributed by atoms with van der Waals surface area (Å²) < 4.78 is 0. The molecule has 0 saturated heterocycles. The van der Waals surface area contributed by atoms with E-state index < -0.39 is 0 Å². The van der Waals surface area contributed by atoms with Crippen molar-refractivity contribution in [3.05, 3.63) is 0 Å². The summed E-state index contributed by atoms with van der Waals surface area (Å²) in [5, 5.41) is 12.4. The van der Waals surface area contributed by atoms with Crippen LogP contribution in [0.4, 0.5) is 0 Å². The van der Waals surface area contributed by atoms with Crippen molar-refractivity contribution < 1.29 is 5.11 Å². The van der Waals surface area contributed by atoms with Crippen LogP contribution in [0.3, 0.4) is 0 Å². The Balaban J connectivity index is 2.51. The van der Waals surface area contributed by atoms with Crippen LogP contribution in [0.1, 0.15) is 45.4 Å². The maximum Gasteiger partial charge on any atom is 0.0448 e. The van der Waals surface area contributed by atoms with Gasteiger partial charge in [-0.3, -0.25) is 0 Å². The first-order chi connectivity index (χ1) is 6.23. The first-order valence-electron chi connectivity index (χ1n) is 5.52. The van der Waals surface area contributed by atoms with Gasteiger partial charge in [0.2, 0.25) is 0 Å². The fourth-order valence-corrected chi connectivity index (χ4v) is 2.51. The molecule has 13 heavy (non-hydrogen) atoms. The van der Waals surface area contributed by atoms with Crippen molar-refractivity contribution in [2.24, 2.45) is 5.92 Å². The van der Waals surface area contributed by atoms with E-state index in [1.54, 1.807) is 0 Å². The average molecular weight is 185 g/mol. The summed E-state index contributed by atoms with van der Waals surface area (Å²) in [4.78, 5) is 0. The minimum absolute atomic E-state index is 0.162. The van der Waals surface area contributed by atoms with Gasteiger partial charge in [0, 0.05) is 12.1 Å². The summed E-state index contributed by atoms with van der Waals surface area (Å²) in [6, 6.07) is 0. The van der Waals surface area contributed by atoms with Crippen LogP contribution < -0.4 is 5.32 Å². The molecular weight excluding hydrogens is 162 g/mol. The average Bonchev–Trinajstić information content (AvgIpc) is 2.19. The second kappa shape index (κ2) is 4.97. The van der Waals surface area contributed by atoms with Gasteiger partial charge in [-0.05, 0) is 39.2 Å². The molecular formula is C11H23NO. The number of hydrogen-bond donors (Lipinski definition) is 2. The first kappa shape index (κ1) is 11.0. The van der Waals surface area contributed by atoms with Gasteiger partial charge in [-0.1, -0.05) is 19.3 Å². The quantitative estimate of drug-likeness (QED) is 0.701. The lowest BCUT2D eigenvalue weighted by atomic mass is 9.74. The predicted molar refractivity (Wildman–Crippen MR) is 55.7 cm³/mol. The Kier molecular flexibility index (Phi) is 4.20. The molecule has 0 spiro atoms. The molecule has 0 heterocycles. The van der Waals surface area contributed by atoms with Gasteiger partial charge in [0.05, 0.1) is 0 Å². The van der Waals surface area contributed by atoms with Gasteiger partial charge in [0.1, 0.15) is 0 Å². The normalized spacial score (nSPS) is 24.2. The molecule has 2 N–H and O–H groups in total. The van der Waals surface area contributed by atoms with Gasteiger partial charge in [-0.25, -0.2) is 0 Å². The van der Waals surface area contributed by atoms with Crippen molar-refractivity contribution in [3.63, 3.8) is 0 Å². The third-order valence-corrected chi connectivity index (χ3v) is 3.71. The molecule has 1 unspecified atom stereocenters. The molecule has 1 fully saturated rings. The number of aliphatic hydroxyl groups is 1. The third-order valence-electron chi connectivity index (χ3n) is 3.71. The van der Waals surface area contributed by atoms with Crippen LogP contribution in [0, 0.1) is 5.92 Å². The third kappa shape index (κ3) is 2.68. The van der Waals surface area contributed by atoms with Crippen LogP contribution in [0.25, 0.3) is 0 Å². The lowest BCUT2D eigenvalue weighted by Gasteiger charge is -2.39. The highest BCUT2D eigenvalue weighted by Crippen LogP contribution is 2.34. The van der Waals surface area contributed by atoms with Crippen LogP contribution in [0.5, 0.6) is 0 Å². The highest BCUT2D eigenvalue weighted by atomic mass is 16.3. The Labute approximate surface area is 81.7 Å². The molecule has 1 saturated carbocycles. The van der Waals surface area contributed by atoms with E-state index in [-0.39, 0.29) is 5.54 Å². The standard InChI is InChI=1S/C11H23NO/c1-11(12-2,8-9-13)10-6-4-3-5-7-10/h10,12-13H,3-9H2,1-2H3. The summed E-state index contributed by atoms with van der Waals surface area (Å²) in [5.74, 6) is 0.762. The Morgan fingerprint density at radius 2 is 1.92 bits per heavy atom. The minimum atomic E-state index is 0.162. The lowest BCUT2D eigenvalue weighted by molar-refractivity contribution is 0.141. The number of rotatable bonds is 4.